The van der Waals surface area contributed by atoms with Crippen molar-refractivity contribution in [1.82, 2.24) is 4.90 Å². The molecule has 1 aliphatic heterocycles. The molecule has 0 N–H and O–H groups in total. The highest BCUT2D eigenvalue weighted by Gasteiger charge is 2.31. The minimum Gasteiger partial charge on any atom is -0.357 e. The number of benzene rings is 1. The normalized spacial score (nSPS) is 23.3. The molecule has 2 heteroatoms. The molecule has 1 aromatic carbocycles. The Morgan fingerprint density at radius 2 is 1.87 bits per heavy atom. The summed E-state index contributed by atoms with van der Waals surface area (Å²) in [5.41, 5.74) is 1.48. The summed E-state index contributed by atoms with van der Waals surface area (Å²) in [7, 11) is 0. The molecule has 2 nitrogen and oxygen atoms in total. The van der Waals surface area contributed by atoms with Gasteiger partial charge in [0.05, 0.1) is 6.10 Å². The van der Waals surface area contributed by atoms with E-state index in [2.05, 4.69) is 49.9 Å². The second-order valence-corrected chi connectivity index (χ2v) is 5.09. The first-order valence-corrected chi connectivity index (χ1v) is 5.49. The Morgan fingerprint density at radius 3 is 2.40 bits per heavy atom. The number of hydrogen-bond donors (Lipinski definition) is 0. The third kappa shape index (κ3) is 2.39. The van der Waals surface area contributed by atoms with E-state index in [4.69, 9.17) is 4.74 Å². The predicted octanol–water partition coefficient (Wildman–Crippen LogP) is 2.82. The molecular formula is C13H19NO. The van der Waals surface area contributed by atoms with Crippen molar-refractivity contribution in [3.8, 4) is 0 Å². The van der Waals surface area contributed by atoms with Crippen molar-refractivity contribution in [2.24, 2.45) is 0 Å². The van der Waals surface area contributed by atoms with Crippen molar-refractivity contribution in [2.45, 2.75) is 32.4 Å². The lowest BCUT2D eigenvalue weighted by atomic mass is 10.1. The van der Waals surface area contributed by atoms with Crippen LogP contribution in [0.3, 0.4) is 0 Å². The zero-order valence-electron chi connectivity index (χ0n) is 9.73. The third-order valence-corrected chi connectivity index (χ3v) is 2.94. The van der Waals surface area contributed by atoms with Gasteiger partial charge in [0.2, 0.25) is 0 Å². The molecule has 1 saturated heterocycles. The quantitative estimate of drug-likeness (QED) is 0.699. The van der Waals surface area contributed by atoms with Crippen LogP contribution in [0.2, 0.25) is 0 Å². The van der Waals surface area contributed by atoms with Crippen molar-refractivity contribution in [2.75, 3.05) is 13.3 Å². The van der Waals surface area contributed by atoms with Gasteiger partial charge in [0, 0.05) is 12.1 Å². The Labute approximate surface area is 91.9 Å². The van der Waals surface area contributed by atoms with Crippen LogP contribution in [-0.4, -0.2) is 23.7 Å². The Morgan fingerprint density at radius 1 is 1.20 bits per heavy atom. The van der Waals surface area contributed by atoms with E-state index in [9.17, 15) is 0 Å². The monoisotopic (exact) mass is 205 g/mol. The second-order valence-electron chi connectivity index (χ2n) is 5.09. The van der Waals surface area contributed by atoms with Gasteiger partial charge in [-0.3, -0.25) is 4.90 Å². The second kappa shape index (κ2) is 3.95. The molecule has 1 aromatic rings. The van der Waals surface area contributed by atoms with Gasteiger partial charge in [-0.1, -0.05) is 30.3 Å². The standard InChI is InChI=1S/C13H19NO/c1-13(2,3)14-9-12(15-10-14)11-7-5-4-6-8-11/h4-8,12H,9-10H2,1-3H3. The van der Waals surface area contributed by atoms with Crippen LogP contribution >= 0.6 is 0 Å². The molecule has 1 unspecified atom stereocenters. The van der Waals surface area contributed by atoms with Crippen LogP contribution in [0.25, 0.3) is 0 Å². The summed E-state index contributed by atoms with van der Waals surface area (Å²) < 4.78 is 5.80. The van der Waals surface area contributed by atoms with E-state index in [-0.39, 0.29) is 11.6 Å². The molecule has 15 heavy (non-hydrogen) atoms. The van der Waals surface area contributed by atoms with Crippen LogP contribution in [0.15, 0.2) is 30.3 Å². The lowest BCUT2D eigenvalue weighted by Crippen LogP contribution is -2.39. The van der Waals surface area contributed by atoms with Crippen LogP contribution < -0.4 is 0 Å². The molecule has 1 heterocycles. The van der Waals surface area contributed by atoms with Crippen LogP contribution in [0.4, 0.5) is 0 Å². The average Bonchev–Trinajstić information content (AvgIpc) is 2.67. The maximum absolute atomic E-state index is 5.80. The predicted molar refractivity (Wildman–Crippen MR) is 61.6 cm³/mol. The summed E-state index contributed by atoms with van der Waals surface area (Å²) in [6.45, 7) is 8.41. The van der Waals surface area contributed by atoms with Gasteiger partial charge in [-0.15, -0.1) is 0 Å². The average molecular weight is 205 g/mol. The topological polar surface area (TPSA) is 12.5 Å². The van der Waals surface area contributed by atoms with Gasteiger partial charge in [-0.05, 0) is 26.3 Å². The fourth-order valence-corrected chi connectivity index (χ4v) is 1.82. The Hall–Kier alpha value is -0.860. The molecular weight excluding hydrogens is 186 g/mol. The molecule has 1 aliphatic rings. The maximum Gasteiger partial charge on any atom is 0.100 e. The fourth-order valence-electron chi connectivity index (χ4n) is 1.82. The lowest BCUT2D eigenvalue weighted by Gasteiger charge is -2.29. The zero-order valence-corrected chi connectivity index (χ0v) is 9.73. The van der Waals surface area contributed by atoms with Gasteiger partial charge < -0.3 is 4.74 Å². The number of rotatable bonds is 1. The summed E-state index contributed by atoms with van der Waals surface area (Å²) in [6.07, 6.45) is 0.241. The summed E-state index contributed by atoms with van der Waals surface area (Å²) in [6, 6.07) is 10.4. The minimum atomic E-state index is 0.198. The molecule has 0 aromatic heterocycles. The van der Waals surface area contributed by atoms with Gasteiger partial charge in [-0.2, -0.15) is 0 Å². The first kappa shape index (κ1) is 10.7. The first-order chi connectivity index (χ1) is 7.07. The summed E-state index contributed by atoms with van der Waals surface area (Å²) in [5.74, 6) is 0. The van der Waals surface area contributed by atoms with Gasteiger partial charge in [0.1, 0.15) is 6.73 Å². The highest BCUT2D eigenvalue weighted by atomic mass is 16.5. The molecule has 1 fully saturated rings. The summed E-state index contributed by atoms with van der Waals surface area (Å²) in [5, 5.41) is 0. The number of ether oxygens (including phenoxy) is 1. The first-order valence-electron chi connectivity index (χ1n) is 5.49. The van der Waals surface area contributed by atoms with Crippen LogP contribution in [0, 0.1) is 0 Å². The zero-order chi connectivity index (χ0) is 10.9. The van der Waals surface area contributed by atoms with Gasteiger partial charge >= 0.3 is 0 Å². The molecule has 0 spiro atoms. The maximum atomic E-state index is 5.80. The number of hydrogen-bond acceptors (Lipinski definition) is 2. The molecule has 0 saturated carbocycles. The Balaban J connectivity index is 2.05. The molecule has 0 bridgehead atoms. The SMILES string of the molecule is CC(C)(C)N1COC(c2ccccc2)C1. The van der Waals surface area contributed by atoms with Crippen LogP contribution in [0.1, 0.15) is 32.4 Å². The lowest BCUT2D eigenvalue weighted by molar-refractivity contribution is 0.0607. The highest BCUT2D eigenvalue weighted by molar-refractivity contribution is 5.18. The molecule has 0 aliphatic carbocycles. The molecule has 0 radical (unpaired) electrons. The molecule has 0 amide bonds. The van der Waals surface area contributed by atoms with E-state index in [0.717, 1.165) is 13.3 Å². The van der Waals surface area contributed by atoms with E-state index in [1.807, 2.05) is 6.07 Å². The van der Waals surface area contributed by atoms with E-state index < -0.39 is 0 Å². The Kier molecular flexibility index (Phi) is 2.81. The molecule has 2 rings (SSSR count). The van der Waals surface area contributed by atoms with Crippen molar-refractivity contribution in [3.05, 3.63) is 35.9 Å². The fraction of sp³-hybridized carbons (Fsp3) is 0.538. The van der Waals surface area contributed by atoms with E-state index in [0.29, 0.717) is 0 Å². The molecule has 1 atom stereocenters. The van der Waals surface area contributed by atoms with Gasteiger partial charge in [0.25, 0.3) is 0 Å². The summed E-state index contributed by atoms with van der Waals surface area (Å²) >= 11 is 0. The molecule has 82 valence electrons. The van der Waals surface area contributed by atoms with Crippen molar-refractivity contribution < 1.29 is 4.74 Å². The minimum absolute atomic E-state index is 0.198. The van der Waals surface area contributed by atoms with Gasteiger partial charge in [-0.25, -0.2) is 0 Å². The van der Waals surface area contributed by atoms with Crippen molar-refractivity contribution in [1.29, 1.82) is 0 Å². The van der Waals surface area contributed by atoms with E-state index in [1.165, 1.54) is 5.56 Å². The smallest absolute Gasteiger partial charge is 0.100 e. The highest BCUT2D eigenvalue weighted by Crippen LogP contribution is 2.28. The van der Waals surface area contributed by atoms with E-state index in [1.54, 1.807) is 0 Å². The van der Waals surface area contributed by atoms with Crippen LogP contribution in [-0.2, 0) is 4.74 Å². The summed E-state index contributed by atoms with van der Waals surface area (Å²) in [4.78, 5) is 2.37. The van der Waals surface area contributed by atoms with E-state index >= 15 is 0 Å². The van der Waals surface area contributed by atoms with Crippen molar-refractivity contribution >= 4 is 0 Å². The van der Waals surface area contributed by atoms with Crippen molar-refractivity contribution in [3.63, 3.8) is 0 Å². The largest absolute Gasteiger partial charge is 0.357 e. The van der Waals surface area contributed by atoms with Crippen LogP contribution in [0.5, 0.6) is 0 Å². The third-order valence-electron chi connectivity index (χ3n) is 2.94. The number of nitrogens with zero attached hydrogens (tertiary/aromatic N) is 1. The Bertz CT molecular complexity index is 315. The van der Waals surface area contributed by atoms with Gasteiger partial charge in [0.15, 0.2) is 0 Å².